The minimum Gasteiger partial charge on any atom is -0.356 e. The molecule has 0 aromatic heterocycles. The van der Waals surface area contributed by atoms with Crippen LogP contribution in [0.1, 0.15) is 38.5 Å². The maximum absolute atomic E-state index is 12.0. The van der Waals surface area contributed by atoms with Crippen LogP contribution in [-0.4, -0.2) is 25.5 Å². The van der Waals surface area contributed by atoms with Gasteiger partial charge in [0.05, 0.1) is 5.92 Å². The van der Waals surface area contributed by atoms with Gasteiger partial charge in [-0.25, -0.2) is 0 Å². The van der Waals surface area contributed by atoms with Gasteiger partial charge < -0.3 is 10.6 Å². The normalized spacial score (nSPS) is 40.5. The molecule has 4 atom stereocenters. The number of hydrogen-bond acceptors (Lipinski definition) is 2. The first-order valence-electron chi connectivity index (χ1n) is 7.31. The van der Waals surface area contributed by atoms with E-state index in [0.717, 1.165) is 50.2 Å². The van der Waals surface area contributed by atoms with Crippen molar-refractivity contribution < 1.29 is 4.79 Å². The van der Waals surface area contributed by atoms with E-state index in [1.54, 1.807) is 0 Å². The molecule has 96 valence electrons. The maximum atomic E-state index is 12.0. The summed E-state index contributed by atoms with van der Waals surface area (Å²) in [5.74, 6) is 3.21. The predicted molar refractivity (Wildman–Crippen MR) is 67.5 cm³/mol. The number of carbonyl (C=O) groups excluding carboxylic acids is 1. The average Bonchev–Trinajstić information content (AvgIpc) is 2.99. The van der Waals surface area contributed by atoms with Crippen molar-refractivity contribution in [1.29, 1.82) is 0 Å². The molecule has 2 N–H and O–H groups in total. The van der Waals surface area contributed by atoms with Crippen LogP contribution in [-0.2, 0) is 4.79 Å². The summed E-state index contributed by atoms with van der Waals surface area (Å²) in [4.78, 5) is 12.0. The Labute approximate surface area is 104 Å². The van der Waals surface area contributed by atoms with Gasteiger partial charge >= 0.3 is 0 Å². The van der Waals surface area contributed by atoms with Gasteiger partial charge in [0, 0.05) is 13.1 Å². The molecule has 1 aliphatic heterocycles. The van der Waals surface area contributed by atoms with E-state index in [4.69, 9.17) is 0 Å². The van der Waals surface area contributed by atoms with Gasteiger partial charge in [0.1, 0.15) is 0 Å². The molecular weight excluding hydrogens is 212 g/mol. The van der Waals surface area contributed by atoms with Crippen molar-refractivity contribution in [2.24, 2.45) is 23.7 Å². The summed E-state index contributed by atoms with van der Waals surface area (Å²) in [6, 6.07) is 0. The van der Waals surface area contributed by atoms with Crippen LogP contribution in [0.4, 0.5) is 0 Å². The zero-order chi connectivity index (χ0) is 11.7. The molecule has 2 aliphatic carbocycles. The fourth-order valence-corrected chi connectivity index (χ4v) is 4.08. The molecule has 2 saturated carbocycles. The van der Waals surface area contributed by atoms with Crippen LogP contribution >= 0.6 is 0 Å². The molecule has 2 bridgehead atoms. The third-order valence-electron chi connectivity index (χ3n) is 5.09. The van der Waals surface area contributed by atoms with E-state index in [9.17, 15) is 4.79 Å². The zero-order valence-electron chi connectivity index (χ0n) is 10.6. The molecule has 1 saturated heterocycles. The quantitative estimate of drug-likeness (QED) is 0.780. The van der Waals surface area contributed by atoms with E-state index in [-0.39, 0.29) is 5.92 Å². The van der Waals surface area contributed by atoms with Crippen molar-refractivity contribution in [2.75, 3.05) is 19.6 Å². The molecule has 1 amide bonds. The van der Waals surface area contributed by atoms with E-state index in [1.165, 1.54) is 25.7 Å². The topological polar surface area (TPSA) is 41.1 Å². The Morgan fingerprint density at radius 1 is 1.24 bits per heavy atom. The van der Waals surface area contributed by atoms with Crippen molar-refractivity contribution in [3.63, 3.8) is 0 Å². The number of rotatable bonds is 3. The van der Waals surface area contributed by atoms with Crippen LogP contribution in [0, 0.1) is 23.7 Å². The fourth-order valence-electron chi connectivity index (χ4n) is 4.08. The highest BCUT2D eigenvalue weighted by atomic mass is 16.1. The lowest BCUT2D eigenvalue weighted by Gasteiger charge is -2.25. The van der Waals surface area contributed by atoms with E-state index in [1.807, 2.05) is 0 Å². The Morgan fingerprint density at radius 3 is 2.82 bits per heavy atom. The van der Waals surface area contributed by atoms with E-state index < -0.39 is 0 Å². The second-order valence-electron chi connectivity index (χ2n) is 6.22. The number of nitrogens with one attached hydrogen (secondary N) is 2. The minimum atomic E-state index is 0.224. The van der Waals surface area contributed by atoms with Gasteiger partial charge in [-0.15, -0.1) is 0 Å². The SMILES string of the molecule is O=C(NCC1CC2CCC1C2)[C@H]1CCCNC1. The van der Waals surface area contributed by atoms with Gasteiger partial charge in [0.25, 0.3) is 0 Å². The van der Waals surface area contributed by atoms with Gasteiger partial charge in [-0.05, 0) is 56.4 Å². The molecule has 0 radical (unpaired) electrons. The number of carbonyl (C=O) groups is 1. The van der Waals surface area contributed by atoms with Gasteiger partial charge in [-0.3, -0.25) is 4.79 Å². The second kappa shape index (κ2) is 4.97. The summed E-state index contributed by atoms with van der Waals surface area (Å²) < 4.78 is 0. The van der Waals surface area contributed by atoms with Crippen molar-refractivity contribution in [3.05, 3.63) is 0 Å². The summed E-state index contributed by atoms with van der Waals surface area (Å²) >= 11 is 0. The molecule has 3 heteroatoms. The highest BCUT2D eigenvalue weighted by molar-refractivity contribution is 5.78. The number of amides is 1. The first-order valence-corrected chi connectivity index (χ1v) is 7.31. The monoisotopic (exact) mass is 236 g/mol. The molecular formula is C14H24N2O. The first-order chi connectivity index (χ1) is 8.33. The van der Waals surface area contributed by atoms with Gasteiger partial charge in [0.2, 0.25) is 5.91 Å². The second-order valence-corrected chi connectivity index (χ2v) is 6.22. The lowest BCUT2D eigenvalue weighted by atomic mass is 9.88. The number of hydrogen-bond donors (Lipinski definition) is 2. The molecule has 3 unspecified atom stereocenters. The smallest absolute Gasteiger partial charge is 0.224 e. The predicted octanol–water partition coefficient (Wildman–Crippen LogP) is 1.54. The van der Waals surface area contributed by atoms with Gasteiger partial charge in [-0.1, -0.05) is 6.42 Å². The molecule has 1 heterocycles. The number of fused-ring (bicyclic) bond motifs is 2. The highest BCUT2D eigenvalue weighted by Gasteiger charge is 2.39. The van der Waals surface area contributed by atoms with E-state index in [0.29, 0.717) is 5.91 Å². The summed E-state index contributed by atoms with van der Waals surface area (Å²) in [7, 11) is 0. The van der Waals surface area contributed by atoms with Crippen LogP contribution < -0.4 is 10.6 Å². The fraction of sp³-hybridized carbons (Fsp3) is 0.929. The first kappa shape index (κ1) is 11.5. The van der Waals surface area contributed by atoms with Crippen molar-refractivity contribution in [2.45, 2.75) is 38.5 Å². The van der Waals surface area contributed by atoms with Crippen LogP contribution in [0.15, 0.2) is 0 Å². The maximum Gasteiger partial charge on any atom is 0.224 e. The Hall–Kier alpha value is -0.570. The van der Waals surface area contributed by atoms with Crippen LogP contribution in [0.5, 0.6) is 0 Å². The Kier molecular flexibility index (Phi) is 3.37. The van der Waals surface area contributed by atoms with Crippen LogP contribution in [0.25, 0.3) is 0 Å². The van der Waals surface area contributed by atoms with Crippen LogP contribution in [0.3, 0.4) is 0 Å². The Balaban J connectivity index is 1.43. The highest BCUT2D eigenvalue weighted by Crippen LogP contribution is 2.47. The molecule has 0 aromatic rings. The zero-order valence-corrected chi connectivity index (χ0v) is 10.6. The van der Waals surface area contributed by atoms with E-state index in [2.05, 4.69) is 10.6 Å². The number of piperidine rings is 1. The van der Waals surface area contributed by atoms with Crippen molar-refractivity contribution >= 4 is 5.91 Å². The molecule has 3 aliphatic rings. The van der Waals surface area contributed by atoms with E-state index >= 15 is 0 Å². The third-order valence-corrected chi connectivity index (χ3v) is 5.09. The van der Waals surface area contributed by atoms with Gasteiger partial charge in [-0.2, -0.15) is 0 Å². The lowest BCUT2D eigenvalue weighted by molar-refractivity contribution is -0.125. The molecule has 17 heavy (non-hydrogen) atoms. The van der Waals surface area contributed by atoms with Crippen LogP contribution in [0.2, 0.25) is 0 Å². The molecule has 0 aromatic carbocycles. The van der Waals surface area contributed by atoms with Gasteiger partial charge in [0.15, 0.2) is 0 Å². The molecule has 3 rings (SSSR count). The Morgan fingerprint density at radius 2 is 2.18 bits per heavy atom. The third kappa shape index (κ3) is 2.49. The summed E-state index contributed by atoms with van der Waals surface area (Å²) in [6.07, 6.45) is 7.87. The average molecular weight is 236 g/mol. The minimum absolute atomic E-state index is 0.224. The largest absolute Gasteiger partial charge is 0.356 e. The standard InChI is InChI=1S/C14H24N2O/c17-14(12-2-1-5-15-8-12)16-9-13-7-10-3-4-11(13)6-10/h10-13,15H,1-9H2,(H,16,17)/t10?,11?,12-,13?/m0/s1. The summed E-state index contributed by atoms with van der Waals surface area (Å²) in [5, 5.41) is 6.51. The Bertz CT molecular complexity index is 286. The lowest BCUT2D eigenvalue weighted by Crippen LogP contribution is -2.42. The molecule has 3 nitrogen and oxygen atoms in total. The summed E-state index contributed by atoms with van der Waals surface area (Å²) in [5.41, 5.74) is 0. The summed E-state index contributed by atoms with van der Waals surface area (Å²) in [6.45, 7) is 2.90. The molecule has 3 fully saturated rings. The molecule has 0 spiro atoms. The van der Waals surface area contributed by atoms with Crippen molar-refractivity contribution in [1.82, 2.24) is 10.6 Å². The van der Waals surface area contributed by atoms with Crippen molar-refractivity contribution in [3.8, 4) is 0 Å².